The van der Waals surface area contributed by atoms with E-state index in [1.54, 1.807) is 6.07 Å². The molecule has 2 aromatic rings. The summed E-state index contributed by atoms with van der Waals surface area (Å²) in [4.78, 5) is 3.43. The number of halogens is 4. The SMILES string of the molecule is CNCC1COCc2c(-c3ccnc(C(F)(F)F)c3)cccc21.Cl. The molecule has 1 aromatic heterocycles. The van der Waals surface area contributed by atoms with Crippen LogP contribution in [0.1, 0.15) is 22.7 Å². The highest BCUT2D eigenvalue weighted by Gasteiger charge is 2.33. The smallest absolute Gasteiger partial charge is 0.376 e. The molecule has 0 spiro atoms. The summed E-state index contributed by atoms with van der Waals surface area (Å²) in [5.41, 5.74) is 2.50. The molecule has 3 rings (SSSR count). The Balaban J connectivity index is 0.00000208. The Labute approximate surface area is 144 Å². The maximum absolute atomic E-state index is 12.9. The van der Waals surface area contributed by atoms with Crippen LogP contribution in [-0.2, 0) is 17.5 Å². The Morgan fingerprint density at radius 1 is 1.29 bits per heavy atom. The van der Waals surface area contributed by atoms with Crippen LogP contribution in [-0.4, -0.2) is 25.2 Å². The summed E-state index contributed by atoms with van der Waals surface area (Å²) in [6.45, 7) is 1.79. The van der Waals surface area contributed by atoms with E-state index in [4.69, 9.17) is 4.74 Å². The first-order chi connectivity index (χ1) is 11.0. The summed E-state index contributed by atoms with van der Waals surface area (Å²) in [5, 5.41) is 3.13. The molecule has 1 aliphatic rings. The first-order valence-corrected chi connectivity index (χ1v) is 7.38. The van der Waals surface area contributed by atoms with Crippen molar-refractivity contribution >= 4 is 12.4 Å². The third-order valence-corrected chi connectivity index (χ3v) is 4.03. The molecule has 0 radical (unpaired) electrons. The van der Waals surface area contributed by atoms with Gasteiger partial charge in [0.25, 0.3) is 0 Å². The van der Waals surface area contributed by atoms with Gasteiger partial charge in [-0.25, -0.2) is 0 Å². The molecular weight excluding hydrogens is 341 g/mol. The number of rotatable bonds is 3. The van der Waals surface area contributed by atoms with Gasteiger partial charge in [-0.2, -0.15) is 13.2 Å². The van der Waals surface area contributed by atoms with Gasteiger partial charge in [-0.3, -0.25) is 4.98 Å². The van der Waals surface area contributed by atoms with E-state index in [9.17, 15) is 13.2 Å². The molecule has 1 atom stereocenters. The normalized spacial score (nSPS) is 17.1. The molecule has 130 valence electrons. The summed E-state index contributed by atoms with van der Waals surface area (Å²) < 4.78 is 44.3. The number of likely N-dealkylation sites (N-methyl/N-ethyl adjacent to an activating group) is 1. The Bertz CT molecular complexity index is 706. The number of pyridine rings is 1. The molecule has 24 heavy (non-hydrogen) atoms. The highest BCUT2D eigenvalue weighted by Crippen LogP contribution is 2.36. The van der Waals surface area contributed by atoms with Crippen molar-refractivity contribution in [1.82, 2.24) is 10.3 Å². The number of aromatic nitrogens is 1. The zero-order chi connectivity index (χ0) is 16.4. The van der Waals surface area contributed by atoms with Crippen LogP contribution >= 0.6 is 12.4 Å². The average molecular weight is 359 g/mol. The van der Waals surface area contributed by atoms with Gasteiger partial charge < -0.3 is 10.1 Å². The van der Waals surface area contributed by atoms with Gasteiger partial charge in [-0.1, -0.05) is 18.2 Å². The second-order valence-corrected chi connectivity index (χ2v) is 5.57. The molecule has 0 amide bonds. The van der Waals surface area contributed by atoms with Gasteiger partial charge in [0.2, 0.25) is 0 Å². The lowest BCUT2D eigenvalue weighted by Gasteiger charge is -2.27. The molecule has 0 saturated carbocycles. The Hall–Kier alpha value is -1.63. The lowest BCUT2D eigenvalue weighted by molar-refractivity contribution is -0.141. The van der Waals surface area contributed by atoms with Crippen molar-refractivity contribution < 1.29 is 17.9 Å². The maximum atomic E-state index is 12.9. The topological polar surface area (TPSA) is 34.1 Å². The number of benzene rings is 1. The molecule has 2 heterocycles. The third kappa shape index (κ3) is 3.71. The largest absolute Gasteiger partial charge is 0.433 e. The average Bonchev–Trinajstić information content (AvgIpc) is 2.54. The molecule has 3 nitrogen and oxygen atoms in total. The van der Waals surface area contributed by atoms with E-state index in [-0.39, 0.29) is 18.3 Å². The van der Waals surface area contributed by atoms with Gasteiger partial charge in [0.1, 0.15) is 5.69 Å². The minimum absolute atomic E-state index is 0. The van der Waals surface area contributed by atoms with E-state index >= 15 is 0 Å². The van der Waals surface area contributed by atoms with Gasteiger partial charge in [0.15, 0.2) is 0 Å². The highest BCUT2D eigenvalue weighted by atomic mass is 35.5. The zero-order valence-corrected chi connectivity index (χ0v) is 13.9. The van der Waals surface area contributed by atoms with Crippen molar-refractivity contribution in [3.05, 3.63) is 53.3 Å². The van der Waals surface area contributed by atoms with Crippen LogP contribution in [0.2, 0.25) is 0 Å². The van der Waals surface area contributed by atoms with Crippen LogP contribution in [0.4, 0.5) is 13.2 Å². The first kappa shape index (κ1) is 18.7. The summed E-state index contributed by atoms with van der Waals surface area (Å²) in [7, 11) is 1.87. The van der Waals surface area contributed by atoms with Gasteiger partial charge in [-0.15, -0.1) is 12.4 Å². The number of hydrogen-bond donors (Lipinski definition) is 1. The maximum Gasteiger partial charge on any atom is 0.433 e. The van der Waals surface area contributed by atoms with Gasteiger partial charge in [0.05, 0.1) is 13.2 Å². The molecule has 1 aromatic carbocycles. The van der Waals surface area contributed by atoms with E-state index in [1.807, 2.05) is 25.2 Å². The first-order valence-electron chi connectivity index (χ1n) is 7.38. The van der Waals surface area contributed by atoms with Crippen LogP contribution in [0, 0.1) is 0 Å². The Morgan fingerprint density at radius 3 is 2.79 bits per heavy atom. The van der Waals surface area contributed by atoms with Crippen LogP contribution in [0.3, 0.4) is 0 Å². The van der Waals surface area contributed by atoms with Gasteiger partial charge in [-0.05, 0) is 41.4 Å². The van der Waals surface area contributed by atoms with Crippen LogP contribution in [0.5, 0.6) is 0 Å². The summed E-state index contributed by atoms with van der Waals surface area (Å²) in [6, 6.07) is 8.44. The van der Waals surface area contributed by atoms with Crippen molar-refractivity contribution in [2.45, 2.75) is 18.7 Å². The molecule has 7 heteroatoms. The molecular formula is C17H18ClF3N2O. The van der Waals surface area contributed by atoms with Crippen molar-refractivity contribution in [1.29, 1.82) is 0 Å². The number of nitrogens with one attached hydrogen (secondary N) is 1. The third-order valence-electron chi connectivity index (χ3n) is 4.03. The fraction of sp³-hybridized carbons (Fsp3) is 0.353. The molecule has 1 aliphatic heterocycles. The van der Waals surface area contributed by atoms with Crippen LogP contribution < -0.4 is 5.32 Å². The van der Waals surface area contributed by atoms with Crippen molar-refractivity contribution in [3.63, 3.8) is 0 Å². The van der Waals surface area contributed by atoms with E-state index < -0.39 is 11.9 Å². The summed E-state index contributed by atoms with van der Waals surface area (Å²) in [6.07, 6.45) is -3.25. The standard InChI is InChI=1S/C17H17F3N2O.ClH/c1-21-8-12-9-23-10-15-13(3-2-4-14(12)15)11-5-6-22-16(7-11)17(18,19)20;/h2-7,12,21H,8-10H2,1H3;1H. The molecule has 0 fully saturated rings. The minimum atomic E-state index is -4.45. The monoisotopic (exact) mass is 358 g/mol. The van der Waals surface area contributed by atoms with Gasteiger partial charge in [0, 0.05) is 18.7 Å². The Morgan fingerprint density at radius 2 is 2.08 bits per heavy atom. The second-order valence-electron chi connectivity index (χ2n) is 5.57. The quantitative estimate of drug-likeness (QED) is 0.899. The van der Waals surface area contributed by atoms with E-state index in [1.165, 1.54) is 6.20 Å². The van der Waals surface area contributed by atoms with Crippen molar-refractivity contribution in [3.8, 4) is 11.1 Å². The fourth-order valence-corrected chi connectivity index (χ4v) is 2.98. The van der Waals surface area contributed by atoms with Crippen LogP contribution in [0.15, 0.2) is 36.5 Å². The summed E-state index contributed by atoms with van der Waals surface area (Å²) >= 11 is 0. The number of alkyl halides is 3. The van der Waals surface area contributed by atoms with E-state index in [0.29, 0.717) is 18.8 Å². The summed E-state index contributed by atoms with van der Waals surface area (Å²) in [5.74, 6) is 0.202. The minimum Gasteiger partial charge on any atom is -0.376 e. The lowest BCUT2D eigenvalue weighted by atomic mass is 9.87. The van der Waals surface area contributed by atoms with Crippen molar-refractivity contribution in [2.75, 3.05) is 20.2 Å². The van der Waals surface area contributed by atoms with E-state index in [2.05, 4.69) is 10.3 Å². The Kier molecular flexibility index (Phi) is 5.85. The molecule has 0 aliphatic carbocycles. The second kappa shape index (κ2) is 7.51. The van der Waals surface area contributed by atoms with Gasteiger partial charge >= 0.3 is 6.18 Å². The fourth-order valence-electron chi connectivity index (χ4n) is 2.98. The molecule has 0 bridgehead atoms. The highest BCUT2D eigenvalue weighted by molar-refractivity contribution is 5.85. The van der Waals surface area contributed by atoms with Crippen molar-refractivity contribution in [2.24, 2.45) is 0 Å². The number of nitrogens with zero attached hydrogens (tertiary/aromatic N) is 1. The predicted molar refractivity (Wildman–Crippen MR) is 88.2 cm³/mol. The predicted octanol–water partition coefficient (Wildman–Crippen LogP) is 4.02. The number of fused-ring (bicyclic) bond motifs is 1. The van der Waals surface area contributed by atoms with E-state index in [0.717, 1.165) is 29.3 Å². The molecule has 1 unspecified atom stereocenters. The number of hydrogen-bond acceptors (Lipinski definition) is 3. The molecule has 0 saturated heterocycles. The zero-order valence-electron chi connectivity index (χ0n) is 13.1. The molecule has 1 N–H and O–H groups in total. The van der Waals surface area contributed by atoms with Crippen LogP contribution in [0.25, 0.3) is 11.1 Å². The lowest BCUT2D eigenvalue weighted by Crippen LogP contribution is -2.26. The number of ether oxygens (including phenoxy) is 1.